The minimum absolute atomic E-state index is 0.567. The number of rotatable bonds is 4. The summed E-state index contributed by atoms with van der Waals surface area (Å²) in [6.45, 7) is 0. The third-order valence-corrected chi connectivity index (χ3v) is 5.52. The minimum atomic E-state index is 0.567. The number of benzene rings is 3. The Morgan fingerprint density at radius 1 is 0.900 bits per heavy atom. The second-order valence-corrected chi connectivity index (χ2v) is 7.91. The molecule has 0 amide bonds. The number of fused-ring (bicyclic) bond motifs is 1. The van der Waals surface area contributed by atoms with Gasteiger partial charge in [-0.05, 0) is 82.7 Å². The fraction of sp³-hybridized carbons (Fsp3) is 0. The first-order valence-corrected chi connectivity index (χ1v) is 10.4. The van der Waals surface area contributed by atoms with Crippen molar-refractivity contribution in [1.82, 2.24) is 4.98 Å². The predicted octanol–water partition coefficient (Wildman–Crippen LogP) is 7.92. The Bertz CT molecular complexity index is 1370. The van der Waals surface area contributed by atoms with Crippen molar-refractivity contribution in [2.75, 3.05) is 0 Å². The van der Waals surface area contributed by atoms with Crippen molar-refractivity contribution in [2.45, 2.75) is 0 Å². The summed E-state index contributed by atoms with van der Waals surface area (Å²) in [5.74, 6) is 1.99. The molecule has 5 rings (SSSR count). The summed E-state index contributed by atoms with van der Waals surface area (Å²) >= 11 is 9.48. The first-order valence-electron chi connectivity index (χ1n) is 9.21. The van der Waals surface area contributed by atoms with Crippen LogP contribution >= 0.6 is 27.5 Å². The molecule has 0 spiro atoms. The van der Waals surface area contributed by atoms with Crippen molar-refractivity contribution in [2.24, 2.45) is 4.99 Å². The first-order chi connectivity index (χ1) is 14.7. The van der Waals surface area contributed by atoms with Crippen molar-refractivity contribution in [1.29, 1.82) is 0 Å². The van der Waals surface area contributed by atoms with Crippen LogP contribution in [0.2, 0.25) is 5.02 Å². The quantitative estimate of drug-likeness (QED) is 0.247. The van der Waals surface area contributed by atoms with Gasteiger partial charge in [-0.25, -0.2) is 4.98 Å². The lowest BCUT2D eigenvalue weighted by molar-refractivity contribution is 0.575. The second kappa shape index (κ2) is 7.94. The summed E-state index contributed by atoms with van der Waals surface area (Å²) in [6, 6.07) is 24.8. The Balaban J connectivity index is 1.40. The molecular formula is C24H14BrClN2O2. The Morgan fingerprint density at radius 2 is 1.73 bits per heavy atom. The zero-order chi connectivity index (χ0) is 20.5. The summed E-state index contributed by atoms with van der Waals surface area (Å²) in [5.41, 5.74) is 4.09. The van der Waals surface area contributed by atoms with Gasteiger partial charge in [0.05, 0.1) is 17.5 Å². The van der Waals surface area contributed by atoms with Gasteiger partial charge in [0, 0.05) is 15.1 Å². The van der Waals surface area contributed by atoms with Gasteiger partial charge in [-0.1, -0.05) is 23.7 Å². The standard InChI is InChI=1S/C24H14BrClN2O2/c25-20-4-2-1-3-19(20)24-28-21-13-17(9-11-23(21)30-24)27-14-18-10-12-22(29-18)15-5-7-16(26)8-6-15/h1-14H. The largest absolute Gasteiger partial charge is 0.455 e. The van der Waals surface area contributed by atoms with E-state index in [0.29, 0.717) is 22.3 Å². The molecule has 0 aliphatic carbocycles. The van der Waals surface area contributed by atoms with Gasteiger partial charge in [-0.3, -0.25) is 4.99 Å². The van der Waals surface area contributed by atoms with E-state index in [1.807, 2.05) is 78.9 Å². The maximum atomic E-state index is 5.94. The maximum absolute atomic E-state index is 5.94. The van der Waals surface area contributed by atoms with Gasteiger partial charge in [-0.2, -0.15) is 0 Å². The summed E-state index contributed by atoms with van der Waals surface area (Å²) < 4.78 is 12.7. The predicted molar refractivity (Wildman–Crippen MR) is 124 cm³/mol. The van der Waals surface area contributed by atoms with Crippen molar-refractivity contribution in [3.63, 3.8) is 0 Å². The van der Waals surface area contributed by atoms with E-state index in [-0.39, 0.29) is 0 Å². The molecule has 0 saturated heterocycles. The van der Waals surface area contributed by atoms with Crippen LogP contribution in [0.1, 0.15) is 5.76 Å². The molecule has 146 valence electrons. The van der Waals surface area contributed by atoms with E-state index in [2.05, 4.69) is 25.9 Å². The molecule has 0 aliphatic heterocycles. The highest BCUT2D eigenvalue weighted by atomic mass is 79.9. The Labute approximate surface area is 186 Å². The highest BCUT2D eigenvalue weighted by Crippen LogP contribution is 2.31. The molecule has 3 aromatic carbocycles. The van der Waals surface area contributed by atoms with Crippen LogP contribution in [0.15, 0.2) is 97.2 Å². The average Bonchev–Trinajstić information content (AvgIpc) is 3.40. The van der Waals surface area contributed by atoms with Gasteiger partial charge in [0.2, 0.25) is 5.89 Å². The number of aromatic nitrogens is 1. The van der Waals surface area contributed by atoms with Crippen LogP contribution in [-0.4, -0.2) is 11.2 Å². The monoisotopic (exact) mass is 476 g/mol. The van der Waals surface area contributed by atoms with Gasteiger partial charge in [-0.15, -0.1) is 0 Å². The van der Waals surface area contributed by atoms with Crippen molar-refractivity contribution >= 4 is 50.5 Å². The molecule has 0 atom stereocenters. The maximum Gasteiger partial charge on any atom is 0.228 e. The number of hydrogen-bond acceptors (Lipinski definition) is 4. The van der Waals surface area contributed by atoms with E-state index in [0.717, 1.165) is 32.6 Å². The summed E-state index contributed by atoms with van der Waals surface area (Å²) in [7, 11) is 0. The smallest absolute Gasteiger partial charge is 0.228 e. The fourth-order valence-corrected chi connectivity index (χ4v) is 3.66. The molecule has 0 radical (unpaired) electrons. The minimum Gasteiger partial charge on any atom is -0.455 e. The number of oxazole rings is 1. The Kier molecular flexibility index (Phi) is 4.99. The molecular weight excluding hydrogens is 464 g/mol. The van der Waals surface area contributed by atoms with Crippen LogP contribution < -0.4 is 0 Å². The van der Waals surface area contributed by atoms with Crippen molar-refractivity contribution in [3.05, 3.63) is 94.1 Å². The molecule has 0 unspecified atom stereocenters. The molecule has 5 aromatic rings. The summed E-state index contributed by atoms with van der Waals surface area (Å²) in [5, 5.41) is 0.693. The zero-order valence-corrected chi connectivity index (χ0v) is 17.9. The van der Waals surface area contributed by atoms with E-state index in [9.17, 15) is 0 Å². The number of hydrogen-bond donors (Lipinski definition) is 0. The second-order valence-electron chi connectivity index (χ2n) is 6.62. The van der Waals surface area contributed by atoms with Crippen LogP contribution in [0.4, 0.5) is 5.69 Å². The van der Waals surface area contributed by atoms with Gasteiger partial charge in [0.25, 0.3) is 0 Å². The van der Waals surface area contributed by atoms with E-state index in [4.69, 9.17) is 20.4 Å². The fourth-order valence-electron chi connectivity index (χ4n) is 3.08. The van der Waals surface area contributed by atoms with E-state index >= 15 is 0 Å². The molecule has 0 aliphatic rings. The van der Waals surface area contributed by atoms with Crippen LogP contribution in [0.3, 0.4) is 0 Å². The molecule has 4 nitrogen and oxygen atoms in total. The number of nitrogens with zero attached hydrogens (tertiary/aromatic N) is 2. The highest BCUT2D eigenvalue weighted by Gasteiger charge is 2.11. The first kappa shape index (κ1) is 18.9. The van der Waals surface area contributed by atoms with E-state index < -0.39 is 0 Å². The van der Waals surface area contributed by atoms with Crippen molar-refractivity contribution in [3.8, 4) is 22.8 Å². The molecule has 30 heavy (non-hydrogen) atoms. The SMILES string of the molecule is Clc1ccc(-c2ccc(C=Nc3ccc4oc(-c5ccccc5Br)nc4c3)o2)cc1. The molecule has 0 N–H and O–H groups in total. The molecule has 0 bridgehead atoms. The van der Waals surface area contributed by atoms with E-state index in [1.165, 1.54) is 0 Å². The van der Waals surface area contributed by atoms with Crippen LogP contribution in [0.5, 0.6) is 0 Å². The van der Waals surface area contributed by atoms with Gasteiger partial charge in [0.1, 0.15) is 17.0 Å². The Morgan fingerprint density at radius 3 is 2.57 bits per heavy atom. The lowest BCUT2D eigenvalue weighted by Gasteiger charge is -1.97. The summed E-state index contributed by atoms with van der Waals surface area (Å²) in [4.78, 5) is 9.12. The number of furan rings is 1. The van der Waals surface area contributed by atoms with Crippen LogP contribution in [-0.2, 0) is 0 Å². The third kappa shape index (κ3) is 3.82. The zero-order valence-electron chi connectivity index (χ0n) is 15.5. The molecule has 0 fully saturated rings. The summed E-state index contributed by atoms with van der Waals surface area (Å²) in [6.07, 6.45) is 1.69. The topological polar surface area (TPSA) is 51.5 Å². The Hall–Kier alpha value is -3.15. The molecule has 2 heterocycles. The number of halogens is 2. The molecule has 2 aromatic heterocycles. The van der Waals surface area contributed by atoms with Gasteiger partial charge >= 0.3 is 0 Å². The van der Waals surface area contributed by atoms with Crippen LogP contribution in [0.25, 0.3) is 33.9 Å². The normalized spacial score (nSPS) is 11.5. The third-order valence-electron chi connectivity index (χ3n) is 4.57. The molecule has 0 saturated carbocycles. The highest BCUT2D eigenvalue weighted by molar-refractivity contribution is 9.10. The van der Waals surface area contributed by atoms with Gasteiger partial charge < -0.3 is 8.83 Å². The average molecular weight is 478 g/mol. The van der Waals surface area contributed by atoms with Crippen LogP contribution in [0, 0.1) is 0 Å². The molecule has 6 heteroatoms. The van der Waals surface area contributed by atoms with Gasteiger partial charge in [0.15, 0.2) is 5.58 Å². The van der Waals surface area contributed by atoms with Crippen molar-refractivity contribution < 1.29 is 8.83 Å². The van der Waals surface area contributed by atoms with E-state index in [1.54, 1.807) is 6.21 Å². The lowest BCUT2D eigenvalue weighted by Crippen LogP contribution is -1.78. The number of aliphatic imine (C=N–C) groups is 1. The lowest BCUT2D eigenvalue weighted by atomic mass is 10.2.